The molecule has 2 aliphatic heterocycles. The molecule has 1 aromatic heterocycles. The summed E-state index contributed by atoms with van der Waals surface area (Å²) in [7, 11) is 0. The first-order valence-electron chi connectivity index (χ1n) is 10.4. The Bertz CT molecular complexity index is 827. The maximum Gasteiger partial charge on any atom is 0.253 e. The van der Waals surface area contributed by atoms with Crippen molar-refractivity contribution in [3.63, 3.8) is 0 Å². The number of hydrogen-bond donors (Lipinski definition) is 0. The zero-order valence-corrected chi connectivity index (χ0v) is 17.4. The van der Waals surface area contributed by atoms with E-state index < -0.39 is 0 Å². The molecule has 0 unspecified atom stereocenters. The molecule has 5 nitrogen and oxygen atoms in total. The first-order chi connectivity index (χ1) is 14.2. The van der Waals surface area contributed by atoms with Gasteiger partial charge in [-0.1, -0.05) is 17.8 Å². The predicted molar refractivity (Wildman–Crippen MR) is 114 cm³/mol. The highest BCUT2D eigenvalue weighted by Crippen LogP contribution is 2.27. The standard InChI is InChI=1S/C23H27N3O2S/c27-22(25-13-3-4-14-25)17-18-10-15-26(16-11-18)23(28)19-6-8-20(9-7-19)29-21-5-1-2-12-24-21/h1-2,5-9,12,18H,3-4,10-11,13-17H2. The zero-order chi connectivity index (χ0) is 20.1. The maximum atomic E-state index is 12.8. The summed E-state index contributed by atoms with van der Waals surface area (Å²) < 4.78 is 0. The molecule has 0 N–H and O–H groups in total. The van der Waals surface area contributed by atoms with Gasteiger partial charge in [0.2, 0.25) is 5.91 Å². The average Bonchev–Trinajstić information content (AvgIpc) is 3.30. The van der Waals surface area contributed by atoms with Crippen molar-refractivity contribution in [2.24, 2.45) is 5.92 Å². The number of likely N-dealkylation sites (tertiary alicyclic amines) is 2. The molecule has 0 radical (unpaired) electrons. The monoisotopic (exact) mass is 409 g/mol. The van der Waals surface area contributed by atoms with Gasteiger partial charge < -0.3 is 9.80 Å². The van der Waals surface area contributed by atoms with Crippen molar-refractivity contribution in [3.8, 4) is 0 Å². The number of benzene rings is 1. The van der Waals surface area contributed by atoms with E-state index in [1.54, 1.807) is 18.0 Å². The molecule has 4 rings (SSSR count). The van der Waals surface area contributed by atoms with Gasteiger partial charge >= 0.3 is 0 Å². The summed E-state index contributed by atoms with van der Waals surface area (Å²) in [6, 6.07) is 13.6. The molecular weight excluding hydrogens is 382 g/mol. The van der Waals surface area contributed by atoms with Crippen LogP contribution in [-0.4, -0.2) is 52.8 Å². The Balaban J connectivity index is 1.27. The molecule has 3 heterocycles. The van der Waals surface area contributed by atoms with Crippen LogP contribution >= 0.6 is 11.8 Å². The van der Waals surface area contributed by atoms with Crippen LogP contribution in [0.25, 0.3) is 0 Å². The number of nitrogens with zero attached hydrogens (tertiary/aromatic N) is 3. The van der Waals surface area contributed by atoms with E-state index >= 15 is 0 Å². The highest BCUT2D eigenvalue weighted by Gasteiger charge is 2.27. The molecule has 0 saturated carbocycles. The zero-order valence-electron chi connectivity index (χ0n) is 16.6. The molecule has 1 aromatic carbocycles. The van der Waals surface area contributed by atoms with E-state index in [1.807, 2.05) is 52.3 Å². The lowest BCUT2D eigenvalue weighted by Crippen LogP contribution is -2.40. The lowest BCUT2D eigenvalue weighted by molar-refractivity contribution is -0.131. The number of carbonyl (C=O) groups excluding carboxylic acids is 2. The Morgan fingerprint density at radius 1 is 0.931 bits per heavy atom. The Morgan fingerprint density at radius 2 is 1.66 bits per heavy atom. The van der Waals surface area contributed by atoms with Gasteiger partial charge in [0.1, 0.15) is 5.03 Å². The third-order valence-electron chi connectivity index (χ3n) is 5.79. The Morgan fingerprint density at radius 3 is 2.31 bits per heavy atom. The van der Waals surface area contributed by atoms with Gasteiger partial charge in [0, 0.05) is 49.3 Å². The molecule has 2 aromatic rings. The maximum absolute atomic E-state index is 12.8. The fourth-order valence-corrected chi connectivity index (χ4v) is 4.83. The molecule has 2 fully saturated rings. The van der Waals surface area contributed by atoms with E-state index in [0.717, 1.165) is 67.3 Å². The third-order valence-corrected chi connectivity index (χ3v) is 6.74. The van der Waals surface area contributed by atoms with Gasteiger partial charge in [0.05, 0.1) is 0 Å². The molecule has 2 saturated heterocycles. The largest absolute Gasteiger partial charge is 0.343 e. The molecule has 6 heteroatoms. The van der Waals surface area contributed by atoms with Gasteiger partial charge in [-0.05, 0) is 68.0 Å². The van der Waals surface area contributed by atoms with Gasteiger partial charge in [0.15, 0.2) is 0 Å². The summed E-state index contributed by atoms with van der Waals surface area (Å²) in [6.07, 6.45) is 6.53. The van der Waals surface area contributed by atoms with Crippen LogP contribution < -0.4 is 0 Å². The number of hydrogen-bond acceptors (Lipinski definition) is 4. The molecule has 152 valence electrons. The average molecular weight is 410 g/mol. The van der Waals surface area contributed by atoms with E-state index in [-0.39, 0.29) is 5.91 Å². The summed E-state index contributed by atoms with van der Waals surface area (Å²) >= 11 is 1.59. The SMILES string of the molecule is O=C(CC1CCN(C(=O)c2ccc(Sc3ccccn3)cc2)CC1)N1CCCC1. The second-order valence-corrected chi connectivity index (χ2v) is 8.92. The van der Waals surface area contributed by atoms with Crippen LogP contribution in [0.3, 0.4) is 0 Å². The molecule has 0 spiro atoms. The van der Waals surface area contributed by atoms with E-state index in [4.69, 9.17) is 0 Å². The summed E-state index contributed by atoms with van der Waals surface area (Å²) in [5.41, 5.74) is 0.724. The smallest absolute Gasteiger partial charge is 0.253 e. The van der Waals surface area contributed by atoms with Crippen molar-refractivity contribution in [2.45, 2.75) is 42.0 Å². The summed E-state index contributed by atoms with van der Waals surface area (Å²) in [5.74, 6) is 0.793. The number of rotatable bonds is 5. The van der Waals surface area contributed by atoms with E-state index in [9.17, 15) is 9.59 Å². The van der Waals surface area contributed by atoms with E-state index in [0.29, 0.717) is 18.2 Å². The lowest BCUT2D eigenvalue weighted by atomic mass is 9.92. The first-order valence-corrected chi connectivity index (χ1v) is 11.3. The normalized spacial score (nSPS) is 17.5. The van der Waals surface area contributed by atoms with Gasteiger partial charge in [0.25, 0.3) is 5.91 Å². The van der Waals surface area contributed by atoms with Crippen molar-refractivity contribution >= 4 is 23.6 Å². The molecule has 0 aliphatic carbocycles. The van der Waals surface area contributed by atoms with Gasteiger partial charge in [-0.2, -0.15) is 0 Å². The Hall–Kier alpha value is -2.34. The van der Waals surface area contributed by atoms with Gasteiger partial charge in [-0.3, -0.25) is 9.59 Å². The Labute approximate surface area is 176 Å². The van der Waals surface area contributed by atoms with Crippen LogP contribution in [0.1, 0.15) is 42.5 Å². The second kappa shape index (κ2) is 9.44. The number of piperidine rings is 1. The summed E-state index contributed by atoms with van der Waals surface area (Å²) in [5, 5.41) is 0.942. The first kappa shape index (κ1) is 20.0. The predicted octanol–water partition coefficient (Wildman–Crippen LogP) is 4.10. The molecular formula is C23H27N3O2S. The van der Waals surface area contributed by atoms with E-state index in [1.165, 1.54) is 0 Å². The minimum atomic E-state index is 0.0868. The number of pyridine rings is 1. The number of carbonyl (C=O) groups is 2. The van der Waals surface area contributed by atoms with Crippen LogP contribution in [0, 0.1) is 5.92 Å². The highest BCUT2D eigenvalue weighted by molar-refractivity contribution is 7.99. The third kappa shape index (κ3) is 5.18. The summed E-state index contributed by atoms with van der Waals surface area (Å²) in [6.45, 7) is 3.32. The molecule has 0 bridgehead atoms. The fourth-order valence-electron chi connectivity index (χ4n) is 4.06. The number of amides is 2. The van der Waals surface area contributed by atoms with Crippen molar-refractivity contribution in [1.82, 2.24) is 14.8 Å². The van der Waals surface area contributed by atoms with Crippen LogP contribution in [0.4, 0.5) is 0 Å². The lowest BCUT2D eigenvalue weighted by Gasteiger charge is -2.32. The molecule has 2 amide bonds. The second-order valence-electron chi connectivity index (χ2n) is 7.82. The van der Waals surface area contributed by atoms with Crippen molar-refractivity contribution in [1.29, 1.82) is 0 Å². The molecule has 2 aliphatic rings. The van der Waals surface area contributed by atoms with Crippen molar-refractivity contribution < 1.29 is 9.59 Å². The summed E-state index contributed by atoms with van der Waals surface area (Å²) in [4.78, 5) is 34.5. The van der Waals surface area contributed by atoms with Gasteiger partial charge in [-0.25, -0.2) is 4.98 Å². The minimum absolute atomic E-state index is 0.0868. The van der Waals surface area contributed by atoms with Crippen LogP contribution in [0.15, 0.2) is 58.6 Å². The van der Waals surface area contributed by atoms with Crippen LogP contribution in [0.2, 0.25) is 0 Å². The molecule has 29 heavy (non-hydrogen) atoms. The van der Waals surface area contributed by atoms with Crippen molar-refractivity contribution in [3.05, 3.63) is 54.2 Å². The Kier molecular flexibility index (Phi) is 6.49. The highest BCUT2D eigenvalue weighted by atomic mass is 32.2. The number of aromatic nitrogens is 1. The topological polar surface area (TPSA) is 53.5 Å². The quantitative estimate of drug-likeness (QED) is 0.746. The van der Waals surface area contributed by atoms with Crippen LogP contribution in [0.5, 0.6) is 0 Å². The molecule has 0 atom stereocenters. The van der Waals surface area contributed by atoms with Gasteiger partial charge in [-0.15, -0.1) is 0 Å². The van der Waals surface area contributed by atoms with E-state index in [2.05, 4.69) is 4.98 Å². The fraction of sp³-hybridized carbons (Fsp3) is 0.435. The van der Waals surface area contributed by atoms with Crippen LogP contribution in [-0.2, 0) is 4.79 Å². The minimum Gasteiger partial charge on any atom is -0.343 e. The van der Waals surface area contributed by atoms with Crippen molar-refractivity contribution in [2.75, 3.05) is 26.2 Å².